The zero-order chi connectivity index (χ0) is 15.2. The van der Waals surface area contributed by atoms with Gasteiger partial charge in [0.1, 0.15) is 5.82 Å². The van der Waals surface area contributed by atoms with Crippen LogP contribution in [0.2, 0.25) is 0 Å². The van der Waals surface area contributed by atoms with Gasteiger partial charge in [0, 0.05) is 6.54 Å². The lowest BCUT2D eigenvalue weighted by Crippen LogP contribution is -2.35. The predicted molar refractivity (Wildman–Crippen MR) is 78.1 cm³/mol. The van der Waals surface area contributed by atoms with Crippen LogP contribution in [0.3, 0.4) is 0 Å². The highest BCUT2D eigenvalue weighted by Gasteiger charge is 2.14. The van der Waals surface area contributed by atoms with Crippen molar-refractivity contribution in [2.75, 3.05) is 5.32 Å². The number of carbonyl (C=O) groups is 2. The highest BCUT2D eigenvalue weighted by molar-refractivity contribution is 6.39. The summed E-state index contributed by atoms with van der Waals surface area (Å²) in [5.41, 5.74) is 1.94. The van der Waals surface area contributed by atoms with Crippen LogP contribution in [0.1, 0.15) is 11.1 Å². The topological polar surface area (TPSA) is 58.2 Å². The number of para-hydroxylation sites is 1. The normalized spacial score (nSPS) is 10.0. The zero-order valence-electron chi connectivity index (χ0n) is 11.5. The predicted octanol–water partition coefficient (Wildman–Crippen LogP) is 2.39. The van der Waals surface area contributed by atoms with Crippen molar-refractivity contribution in [2.24, 2.45) is 0 Å². The third-order valence-corrected chi connectivity index (χ3v) is 2.86. The van der Waals surface area contributed by atoms with E-state index in [4.69, 9.17) is 0 Å². The Morgan fingerprint density at radius 3 is 2.52 bits per heavy atom. The number of hydrogen-bond donors (Lipinski definition) is 2. The zero-order valence-corrected chi connectivity index (χ0v) is 11.5. The summed E-state index contributed by atoms with van der Waals surface area (Å²) in [4.78, 5) is 23.3. The Balaban J connectivity index is 1.91. The summed E-state index contributed by atoms with van der Waals surface area (Å²) in [6.07, 6.45) is 0. The second-order valence-corrected chi connectivity index (χ2v) is 4.61. The average Bonchev–Trinajstić information content (AvgIpc) is 2.47. The maximum atomic E-state index is 13.4. The number of carbonyl (C=O) groups excluding carboxylic acids is 2. The summed E-state index contributed by atoms with van der Waals surface area (Å²) in [7, 11) is 0. The average molecular weight is 286 g/mol. The Bertz CT molecular complexity index is 671. The second kappa shape index (κ2) is 6.65. The van der Waals surface area contributed by atoms with E-state index in [2.05, 4.69) is 10.6 Å². The minimum absolute atomic E-state index is 0.0202. The lowest BCUT2D eigenvalue weighted by Gasteiger charge is -2.07. The van der Waals surface area contributed by atoms with Crippen molar-refractivity contribution < 1.29 is 14.0 Å². The highest BCUT2D eigenvalue weighted by Crippen LogP contribution is 2.12. The number of anilines is 1. The van der Waals surface area contributed by atoms with Crippen LogP contribution < -0.4 is 10.6 Å². The number of rotatable bonds is 3. The minimum atomic E-state index is -0.896. The standard InChI is InChI=1S/C16H15FN2O2/c1-11-5-4-6-12(9-11)10-18-15(20)16(21)19-14-8-3-2-7-13(14)17/h2-9H,10H2,1H3,(H,18,20)(H,19,21). The molecule has 0 bridgehead atoms. The number of aryl methyl sites for hydroxylation is 1. The molecule has 0 saturated carbocycles. The van der Waals surface area contributed by atoms with Gasteiger partial charge in [-0.05, 0) is 24.6 Å². The summed E-state index contributed by atoms with van der Waals surface area (Å²) in [5.74, 6) is -2.29. The summed E-state index contributed by atoms with van der Waals surface area (Å²) < 4.78 is 13.4. The highest BCUT2D eigenvalue weighted by atomic mass is 19.1. The van der Waals surface area contributed by atoms with Crippen LogP contribution in [0.25, 0.3) is 0 Å². The number of halogens is 1. The molecule has 0 unspecified atom stereocenters. The lowest BCUT2D eigenvalue weighted by molar-refractivity contribution is -0.136. The van der Waals surface area contributed by atoms with Crippen LogP contribution in [0.4, 0.5) is 10.1 Å². The number of benzene rings is 2. The van der Waals surface area contributed by atoms with E-state index in [0.717, 1.165) is 11.1 Å². The van der Waals surface area contributed by atoms with Gasteiger partial charge in [-0.1, -0.05) is 42.0 Å². The Morgan fingerprint density at radius 2 is 1.81 bits per heavy atom. The Morgan fingerprint density at radius 1 is 1.05 bits per heavy atom. The molecule has 0 fully saturated rings. The molecule has 0 heterocycles. The van der Waals surface area contributed by atoms with Crippen molar-refractivity contribution in [3.05, 3.63) is 65.5 Å². The van der Waals surface area contributed by atoms with E-state index in [1.54, 1.807) is 6.07 Å². The maximum Gasteiger partial charge on any atom is 0.313 e. The monoisotopic (exact) mass is 286 g/mol. The molecule has 2 rings (SSSR count). The fourth-order valence-electron chi connectivity index (χ4n) is 1.83. The molecule has 108 valence electrons. The molecule has 0 aliphatic heterocycles. The third-order valence-electron chi connectivity index (χ3n) is 2.86. The SMILES string of the molecule is Cc1cccc(CNC(=O)C(=O)Nc2ccccc2F)c1. The van der Waals surface area contributed by atoms with Crippen molar-refractivity contribution in [2.45, 2.75) is 13.5 Å². The molecule has 0 aromatic heterocycles. The van der Waals surface area contributed by atoms with E-state index in [9.17, 15) is 14.0 Å². The molecule has 2 amide bonds. The van der Waals surface area contributed by atoms with Crippen molar-refractivity contribution in [3.8, 4) is 0 Å². The van der Waals surface area contributed by atoms with E-state index in [-0.39, 0.29) is 12.2 Å². The molecule has 0 aliphatic carbocycles. The lowest BCUT2D eigenvalue weighted by atomic mass is 10.1. The summed E-state index contributed by atoms with van der Waals surface area (Å²) in [6, 6.07) is 13.2. The Hall–Kier alpha value is -2.69. The van der Waals surface area contributed by atoms with Crippen molar-refractivity contribution >= 4 is 17.5 Å². The molecule has 21 heavy (non-hydrogen) atoms. The molecular weight excluding hydrogens is 271 g/mol. The molecule has 5 heteroatoms. The van der Waals surface area contributed by atoms with Gasteiger partial charge in [-0.3, -0.25) is 9.59 Å². The molecule has 2 aromatic rings. The van der Waals surface area contributed by atoms with Gasteiger partial charge >= 0.3 is 11.8 Å². The van der Waals surface area contributed by atoms with Crippen LogP contribution in [0, 0.1) is 12.7 Å². The molecular formula is C16H15FN2O2. The molecule has 0 spiro atoms. The molecule has 0 radical (unpaired) electrons. The first-order valence-corrected chi connectivity index (χ1v) is 6.45. The van der Waals surface area contributed by atoms with Gasteiger partial charge in [0.05, 0.1) is 5.69 Å². The van der Waals surface area contributed by atoms with Crippen LogP contribution in [0.15, 0.2) is 48.5 Å². The smallest absolute Gasteiger partial charge is 0.313 e. The number of amides is 2. The number of hydrogen-bond acceptors (Lipinski definition) is 2. The fourth-order valence-corrected chi connectivity index (χ4v) is 1.83. The van der Waals surface area contributed by atoms with Crippen LogP contribution in [-0.4, -0.2) is 11.8 Å². The summed E-state index contributed by atoms with van der Waals surface area (Å²) in [6.45, 7) is 2.18. The number of nitrogens with one attached hydrogen (secondary N) is 2. The van der Waals surface area contributed by atoms with Crippen molar-refractivity contribution in [3.63, 3.8) is 0 Å². The first-order chi connectivity index (χ1) is 10.1. The van der Waals surface area contributed by atoms with Gasteiger partial charge in [-0.25, -0.2) is 4.39 Å². The van der Waals surface area contributed by atoms with E-state index in [1.165, 1.54) is 18.2 Å². The first-order valence-electron chi connectivity index (χ1n) is 6.45. The fraction of sp³-hybridized carbons (Fsp3) is 0.125. The van der Waals surface area contributed by atoms with Crippen molar-refractivity contribution in [1.82, 2.24) is 5.32 Å². The quantitative estimate of drug-likeness (QED) is 0.851. The van der Waals surface area contributed by atoms with Gasteiger partial charge in [0.2, 0.25) is 0 Å². The van der Waals surface area contributed by atoms with Gasteiger partial charge in [0.25, 0.3) is 0 Å². The van der Waals surface area contributed by atoms with Crippen LogP contribution in [0.5, 0.6) is 0 Å². The van der Waals surface area contributed by atoms with E-state index >= 15 is 0 Å². The van der Waals surface area contributed by atoms with E-state index in [1.807, 2.05) is 31.2 Å². The molecule has 0 saturated heterocycles. The maximum absolute atomic E-state index is 13.4. The second-order valence-electron chi connectivity index (χ2n) is 4.61. The van der Waals surface area contributed by atoms with Gasteiger partial charge in [-0.2, -0.15) is 0 Å². The molecule has 4 nitrogen and oxygen atoms in total. The molecule has 0 atom stereocenters. The third kappa shape index (κ3) is 4.14. The van der Waals surface area contributed by atoms with E-state index in [0.29, 0.717) is 0 Å². The first kappa shape index (κ1) is 14.7. The van der Waals surface area contributed by atoms with Crippen LogP contribution in [-0.2, 0) is 16.1 Å². The van der Waals surface area contributed by atoms with Gasteiger partial charge in [-0.15, -0.1) is 0 Å². The summed E-state index contributed by atoms with van der Waals surface area (Å²) in [5, 5.41) is 4.72. The van der Waals surface area contributed by atoms with Crippen molar-refractivity contribution in [1.29, 1.82) is 0 Å². The summed E-state index contributed by atoms with van der Waals surface area (Å²) >= 11 is 0. The molecule has 2 N–H and O–H groups in total. The van der Waals surface area contributed by atoms with Crippen LogP contribution >= 0.6 is 0 Å². The Labute approximate surface area is 122 Å². The largest absolute Gasteiger partial charge is 0.344 e. The molecule has 0 aliphatic rings. The molecule has 2 aromatic carbocycles. The van der Waals surface area contributed by atoms with E-state index < -0.39 is 17.6 Å². The minimum Gasteiger partial charge on any atom is -0.344 e. The van der Waals surface area contributed by atoms with Gasteiger partial charge < -0.3 is 10.6 Å². The van der Waals surface area contributed by atoms with Gasteiger partial charge in [0.15, 0.2) is 0 Å². The Kier molecular flexibility index (Phi) is 4.66.